The van der Waals surface area contributed by atoms with Crippen LogP contribution in [0.15, 0.2) is 134 Å². The fourth-order valence-electron chi connectivity index (χ4n) is 5.67. The van der Waals surface area contributed by atoms with Crippen molar-refractivity contribution < 1.29 is 26.2 Å². The van der Waals surface area contributed by atoms with Gasteiger partial charge in [-0.05, 0) is 90.3 Å². The van der Waals surface area contributed by atoms with Gasteiger partial charge in [0.2, 0.25) is 0 Å². The Morgan fingerprint density at radius 1 is 0.644 bits per heavy atom. The predicted octanol–water partition coefficient (Wildman–Crippen LogP) is 9.62. The second kappa shape index (κ2) is 12.9. The standard InChI is InChI=1S/C39H29N4O.Pt/c1-26-21-30(22-27(2)41-26)31-24-35(42-36(25-31)34-16-5-6-18-38(34)44)29-13-9-14-32(23-29)43(39-19-7-8-20-40-39)37-17-10-12-28-11-3-4-15-33(28)37;/h3-22,24-25,44H,1-2H3;/q-1;. The SMILES string of the molecule is Cc1cc(-c2cc(-c3[c-]c(N(c4ccccn4)c4cccc5ccccc45)ccc3)nc(-c3ccccc3O)c2)cc(C)n1.[Pt]. The molecule has 0 bridgehead atoms. The molecule has 0 aliphatic carbocycles. The van der Waals surface area contributed by atoms with E-state index in [1.54, 1.807) is 12.3 Å². The Bertz CT molecular complexity index is 2110. The number of aryl methyl sites for hydroxylation is 2. The molecule has 0 amide bonds. The minimum absolute atomic E-state index is 0. The minimum Gasteiger partial charge on any atom is -0.507 e. The first-order chi connectivity index (χ1) is 21.5. The molecule has 3 aromatic heterocycles. The van der Waals surface area contributed by atoms with E-state index in [-0.39, 0.29) is 26.8 Å². The summed E-state index contributed by atoms with van der Waals surface area (Å²) in [5, 5.41) is 13.0. The molecule has 3 heterocycles. The molecular weight excluding hydrogens is 736 g/mol. The number of hydrogen-bond acceptors (Lipinski definition) is 5. The van der Waals surface area contributed by atoms with Crippen molar-refractivity contribution >= 4 is 28.0 Å². The molecule has 0 radical (unpaired) electrons. The van der Waals surface area contributed by atoms with E-state index in [9.17, 15) is 5.11 Å². The van der Waals surface area contributed by atoms with Crippen LogP contribution in [0.3, 0.4) is 0 Å². The van der Waals surface area contributed by atoms with E-state index in [4.69, 9.17) is 9.97 Å². The molecule has 0 atom stereocenters. The molecule has 0 saturated carbocycles. The third-order valence-electron chi connectivity index (χ3n) is 7.60. The van der Waals surface area contributed by atoms with Crippen LogP contribution in [0.5, 0.6) is 5.75 Å². The largest absolute Gasteiger partial charge is 0.507 e. The van der Waals surface area contributed by atoms with Crippen molar-refractivity contribution in [2.75, 3.05) is 4.90 Å². The Kier molecular flexibility index (Phi) is 8.55. The number of hydrogen-bond donors (Lipinski definition) is 1. The Hall–Kier alpha value is -5.12. The second-order valence-electron chi connectivity index (χ2n) is 10.8. The number of aromatic hydroxyl groups is 1. The van der Waals surface area contributed by atoms with Gasteiger partial charge < -0.3 is 10.0 Å². The number of nitrogens with zero attached hydrogens (tertiary/aromatic N) is 4. The van der Waals surface area contributed by atoms with E-state index in [0.29, 0.717) is 11.3 Å². The van der Waals surface area contributed by atoms with E-state index >= 15 is 0 Å². The van der Waals surface area contributed by atoms with Gasteiger partial charge in [0.05, 0.1) is 11.4 Å². The number of fused-ring (bicyclic) bond motifs is 1. The van der Waals surface area contributed by atoms with Gasteiger partial charge in [-0.25, -0.2) is 4.98 Å². The number of rotatable bonds is 6. The Morgan fingerprint density at radius 3 is 2.13 bits per heavy atom. The number of pyridine rings is 3. The van der Waals surface area contributed by atoms with Gasteiger partial charge in [-0.3, -0.25) is 9.97 Å². The first-order valence-electron chi connectivity index (χ1n) is 14.5. The molecule has 7 rings (SSSR count). The monoisotopic (exact) mass is 764 g/mol. The second-order valence-corrected chi connectivity index (χ2v) is 10.8. The molecule has 5 nitrogen and oxygen atoms in total. The Morgan fingerprint density at radius 2 is 1.33 bits per heavy atom. The number of anilines is 3. The Labute approximate surface area is 277 Å². The first kappa shape index (κ1) is 29.9. The molecule has 7 aromatic rings. The van der Waals surface area contributed by atoms with Crippen LogP contribution in [-0.4, -0.2) is 20.1 Å². The van der Waals surface area contributed by atoms with E-state index < -0.39 is 0 Å². The van der Waals surface area contributed by atoms with Crippen LogP contribution in [0.1, 0.15) is 11.4 Å². The number of para-hydroxylation sites is 1. The predicted molar refractivity (Wildman–Crippen MR) is 178 cm³/mol. The molecule has 0 spiro atoms. The Balaban J connectivity index is 0.00000357. The summed E-state index contributed by atoms with van der Waals surface area (Å²) >= 11 is 0. The van der Waals surface area contributed by atoms with Crippen LogP contribution >= 0.6 is 0 Å². The molecular formula is C39H29N4OPt-. The summed E-state index contributed by atoms with van der Waals surface area (Å²) < 4.78 is 0. The van der Waals surface area contributed by atoms with Crippen LogP contribution in [-0.2, 0) is 21.1 Å². The van der Waals surface area contributed by atoms with Crippen LogP contribution < -0.4 is 4.90 Å². The van der Waals surface area contributed by atoms with Crippen LogP contribution in [0.25, 0.3) is 44.4 Å². The molecule has 0 unspecified atom stereocenters. The average molecular weight is 765 g/mol. The molecule has 0 aliphatic rings. The number of phenolic OH excluding ortho intramolecular Hbond substituents is 1. The van der Waals surface area contributed by atoms with Gasteiger partial charge in [-0.1, -0.05) is 60.7 Å². The molecule has 0 aliphatic heterocycles. The fraction of sp³-hybridized carbons (Fsp3) is 0.0513. The number of benzene rings is 4. The maximum absolute atomic E-state index is 10.8. The average Bonchev–Trinajstić information content (AvgIpc) is 3.05. The van der Waals surface area contributed by atoms with Crippen molar-refractivity contribution in [1.29, 1.82) is 0 Å². The summed E-state index contributed by atoms with van der Waals surface area (Å²) in [6.45, 7) is 4.00. The van der Waals surface area contributed by atoms with Crippen LogP contribution in [0, 0.1) is 19.9 Å². The van der Waals surface area contributed by atoms with Crippen LogP contribution in [0.2, 0.25) is 0 Å². The summed E-state index contributed by atoms with van der Waals surface area (Å²) in [6.07, 6.45) is 1.81. The zero-order chi connectivity index (χ0) is 30.0. The summed E-state index contributed by atoms with van der Waals surface area (Å²) in [6, 6.07) is 45.9. The van der Waals surface area contributed by atoms with E-state index in [1.165, 1.54) is 0 Å². The van der Waals surface area contributed by atoms with Crippen molar-refractivity contribution in [2.24, 2.45) is 0 Å². The summed E-state index contributed by atoms with van der Waals surface area (Å²) in [7, 11) is 0. The molecule has 222 valence electrons. The number of phenols is 1. The topological polar surface area (TPSA) is 62.1 Å². The minimum atomic E-state index is 0. The molecule has 0 fully saturated rings. The molecule has 6 heteroatoms. The van der Waals surface area contributed by atoms with Gasteiger partial charge in [0.25, 0.3) is 0 Å². The maximum Gasteiger partial charge on any atom is 0.136 e. The van der Waals surface area contributed by atoms with Crippen molar-refractivity contribution in [1.82, 2.24) is 15.0 Å². The smallest absolute Gasteiger partial charge is 0.136 e. The van der Waals surface area contributed by atoms with Gasteiger partial charge >= 0.3 is 0 Å². The zero-order valence-electron chi connectivity index (χ0n) is 24.8. The number of aromatic nitrogens is 3. The molecule has 45 heavy (non-hydrogen) atoms. The quantitative estimate of drug-likeness (QED) is 0.171. The van der Waals surface area contributed by atoms with E-state index in [1.807, 2.05) is 74.5 Å². The zero-order valence-corrected chi connectivity index (χ0v) is 27.0. The van der Waals surface area contributed by atoms with Crippen molar-refractivity contribution in [2.45, 2.75) is 13.8 Å². The third-order valence-corrected chi connectivity index (χ3v) is 7.60. The first-order valence-corrected chi connectivity index (χ1v) is 14.5. The van der Waals surface area contributed by atoms with Crippen molar-refractivity contribution in [3.8, 4) is 39.4 Å². The van der Waals surface area contributed by atoms with Crippen LogP contribution in [0.4, 0.5) is 17.2 Å². The van der Waals surface area contributed by atoms with Crippen molar-refractivity contribution in [3.63, 3.8) is 0 Å². The van der Waals surface area contributed by atoms with Gasteiger partial charge in [0.1, 0.15) is 11.6 Å². The van der Waals surface area contributed by atoms with Gasteiger partial charge in [0.15, 0.2) is 0 Å². The summed E-state index contributed by atoms with van der Waals surface area (Å²) in [5.74, 6) is 0.969. The fourth-order valence-corrected chi connectivity index (χ4v) is 5.67. The van der Waals surface area contributed by atoms with Gasteiger partial charge in [0, 0.05) is 49.6 Å². The normalized spacial score (nSPS) is 10.8. The third kappa shape index (κ3) is 6.13. The summed E-state index contributed by atoms with van der Waals surface area (Å²) in [4.78, 5) is 16.5. The van der Waals surface area contributed by atoms with Crippen molar-refractivity contribution in [3.05, 3.63) is 151 Å². The molecule has 1 N–H and O–H groups in total. The molecule has 4 aromatic carbocycles. The van der Waals surface area contributed by atoms with Gasteiger partial charge in [-0.2, -0.15) is 0 Å². The van der Waals surface area contributed by atoms with E-state index in [2.05, 4.69) is 76.6 Å². The van der Waals surface area contributed by atoms with E-state index in [0.717, 1.165) is 61.7 Å². The molecule has 0 saturated heterocycles. The summed E-state index contributed by atoms with van der Waals surface area (Å²) in [5.41, 5.74) is 8.66. The maximum atomic E-state index is 10.8. The van der Waals surface area contributed by atoms with Gasteiger partial charge in [-0.15, -0.1) is 29.8 Å².